The maximum Gasteiger partial charge on any atom is 0.163 e. The molecule has 10 rings (SSSR count). The van der Waals surface area contributed by atoms with Gasteiger partial charge in [-0.2, -0.15) is 0 Å². The molecule has 5 aromatic rings. The van der Waals surface area contributed by atoms with Crippen molar-refractivity contribution < 1.29 is 0 Å². The minimum absolute atomic E-state index is 0.191. The quantitative estimate of drug-likeness (QED) is 0.130. The molecular weight excluding hydrogens is 669 g/mol. The number of allylic oxidation sites excluding steroid dienone is 12. The molecule has 0 amide bonds. The highest BCUT2D eigenvalue weighted by Crippen LogP contribution is 2.50. The van der Waals surface area contributed by atoms with Crippen molar-refractivity contribution in [3.05, 3.63) is 185 Å². The molecule has 1 aromatic heterocycles. The van der Waals surface area contributed by atoms with Crippen LogP contribution in [0.2, 0.25) is 0 Å². The van der Waals surface area contributed by atoms with Gasteiger partial charge in [0, 0.05) is 34.0 Å². The molecule has 0 spiro atoms. The lowest BCUT2D eigenvalue weighted by Crippen LogP contribution is -2.33. The van der Waals surface area contributed by atoms with Crippen LogP contribution in [-0.4, -0.2) is 21.0 Å². The van der Waals surface area contributed by atoms with Gasteiger partial charge in [-0.3, -0.25) is 0 Å². The standard InChI is InChI=1S/C51H44N4/c1-3-15-38(33(2)35-28-29-43-41-22-8-7-20-39(41)40-21-9-10-23-42(40)47(43)31-35)45-25-14-26-46-44-24-11-12-27-48(44)55(49(45)46)37-19-13-18-36(30-37)51-53-32-52-50(54-51)34-16-5-4-6-17-34/h3,5,8-13,15-19,21-25,27-32,44,48H,4,6-7,14,20,26H2,1-2H3/b15-3-,38-33-. The highest BCUT2D eigenvalue weighted by Gasteiger charge is 2.42. The van der Waals surface area contributed by atoms with Crippen molar-refractivity contribution in [1.29, 1.82) is 0 Å². The number of anilines is 1. The van der Waals surface area contributed by atoms with Crippen molar-refractivity contribution in [3.63, 3.8) is 0 Å². The summed E-state index contributed by atoms with van der Waals surface area (Å²) < 4.78 is 0. The molecule has 0 radical (unpaired) electrons. The van der Waals surface area contributed by atoms with Crippen LogP contribution in [0.5, 0.6) is 0 Å². The van der Waals surface area contributed by atoms with Gasteiger partial charge in [0.1, 0.15) is 6.33 Å². The highest BCUT2D eigenvalue weighted by atomic mass is 15.2. The van der Waals surface area contributed by atoms with Crippen LogP contribution in [0.3, 0.4) is 0 Å². The first kappa shape index (κ1) is 33.4. The molecule has 1 aliphatic heterocycles. The third-order valence-corrected chi connectivity index (χ3v) is 12.1. The number of fused-ring (bicyclic) bond motifs is 8. The van der Waals surface area contributed by atoms with Gasteiger partial charge in [0.15, 0.2) is 11.6 Å². The molecule has 5 aliphatic rings. The van der Waals surface area contributed by atoms with Crippen molar-refractivity contribution in [2.75, 3.05) is 4.90 Å². The lowest BCUT2D eigenvalue weighted by atomic mass is 9.82. The molecule has 4 nitrogen and oxygen atoms in total. The number of hydrogen-bond donors (Lipinski definition) is 0. The summed E-state index contributed by atoms with van der Waals surface area (Å²) in [6, 6.07) is 25.1. The lowest BCUT2D eigenvalue weighted by Gasteiger charge is -2.33. The second-order valence-corrected chi connectivity index (χ2v) is 15.2. The zero-order valence-corrected chi connectivity index (χ0v) is 31.5. The molecule has 2 heterocycles. The monoisotopic (exact) mass is 712 g/mol. The molecule has 0 saturated carbocycles. The predicted octanol–water partition coefficient (Wildman–Crippen LogP) is 12.5. The van der Waals surface area contributed by atoms with E-state index in [-0.39, 0.29) is 6.04 Å². The van der Waals surface area contributed by atoms with Crippen LogP contribution in [-0.2, 0) is 6.42 Å². The van der Waals surface area contributed by atoms with Crippen LogP contribution in [0.15, 0.2) is 162 Å². The average molecular weight is 713 g/mol. The zero-order valence-electron chi connectivity index (χ0n) is 31.5. The molecule has 0 bridgehead atoms. The Bertz CT molecular complexity index is 2690. The van der Waals surface area contributed by atoms with Gasteiger partial charge in [-0.25, -0.2) is 15.0 Å². The molecular formula is C51H44N4. The van der Waals surface area contributed by atoms with E-state index in [1.165, 1.54) is 66.2 Å². The van der Waals surface area contributed by atoms with Crippen LogP contribution >= 0.6 is 0 Å². The first-order valence-corrected chi connectivity index (χ1v) is 19.9. The van der Waals surface area contributed by atoms with E-state index in [9.17, 15) is 0 Å². The van der Waals surface area contributed by atoms with E-state index in [1.54, 1.807) is 6.33 Å². The minimum atomic E-state index is 0.191. The van der Waals surface area contributed by atoms with E-state index in [0.29, 0.717) is 11.7 Å². The predicted molar refractivity (Wildman–Crippen MR) is 230 cm³/mol. The SMILES string of the molecule is C/C=C\C(C1=CCCC2=C1N(c1cccc(-c3ncnc(C4=CCCC=C4)n3)c1)C1C=CC=CC21)=C(/C)c1ccc2c3c(c4ccccc4c2c1)CCC=C3. The molecule has 268 valence electrons. The van der Waals surface area contributed by atoms with Gasteiger partial charge in [0.25, 0.3) is 0 Å². The Morgan fingerprint density at radius 3 is 2.53 bits per heavy atom. The first-order chi connectivity index (χ1) is 27.2. The molecule has 4 heteroatoms. The van der Waals surface area contributed by atoms with Crippen molar-refractivity contribution >= 4 is 44.5 Å². The van der Waals surface area contributed by atoms with Crippen LogP contribution in [0, 0.1) is 5.92 Å². The van der Waals surface area contributed by atoms with Gasteiger partial charge in [0.2, 0.25) is 0 Å². The fourth-order valence-corrected chi connectivity index (χ4v) is 9.52. The smallest absolute Gasteiger partial charge is 0.163 e. The zero-order chi connectivity index (χ0) is 36.9. The summed E-state index contributed by atoms with van der Waals surface area (Å²) in [4.78, 5) is 16.7. The van der Waals surface area contributed by atoms with Gasteiger partial charge in [0.05, 0.1) is 6.04 Å². The first-order valence-electron chi connectivity index (χ1n) is 19.9. The average Bonchev–Trinajstić information content (AvgIpc) is 3.60. The van der Waals surface area contributed by atoms with E-state index < -0.39 is 0 Å². The second-order valence-electron chi connectivity index (χ2n) is 15.2. The molecule has 0 N–H and O–H groups in total. The maximum atomic E-state index is 4.96. The van der Waals surface area contributed by atoms with Gasteiger partial charge in [-0.15, -0.1) is 0 Å². The van der Waals surface area contributed by atoms with Crippen LogP contribution in [0.25, 0.3) is 50.2 Å². The van der Waals surface area contributed by atoms with E-state index in [2.05, 4.69) is 168 Å². The van der Waals surface area contributed by atoms with Crippen LogP contribution in [0.4, 0.5) is 5.69 Å². The third-order valence-electron chi connectivity index (χ3n) is 12.1. The van der Waals surface area contributed by atoms with E-state index in [0.717, 1.165) is 61.2 Å². The fourth-order valence-electron chi connectivity index (χ4n) is 9.52. The van der Waals surface area contributed by atoms with Gasteiger partial charge in [-0.05, 0) is 126 Å². The fraction of sp³-hybridized carbons (Fsp3) is 0.196. The molecule has 2 atom stereocenters. The van der Waals surface area contributed by atoms with Crippen molar-refractivity contribution in [3.8, 4) is 11.4 Å². The summed E-state index contributed by atoms with van der Waals surface area (Å²) in [6.45, 7) is 4.45. The van der Waals surface area contributed by atoms with E-state index in [1.807, 2.05) is 0 Å². The second kappa shape index (κ2) is 13.9. The summed E-state index contributed by atoms with van der Waals surface area (Å²) in [5.74, 6) is 1.74. The number of rotatable bonds is 6. The molecule has 4 aromatic carbocycles. The van der Waals surface area contributed by atoms with Crippen molar-refractivity contribution in [2.45, 2.75) is 58.4 Å². The molecule has 55 heavy (non-hydrogen) atoms. The number of aromatic nitrogens is 3. The summed E-state index contributed by atoms with van der Waals surface area (Å²) in [5, 5.41) is 5.40. The molecule has 2 unspecified atom stereocenters. The Kier molecular flexibility index (Phi) is 8.47. The Labute approximate surface area is 323 Å². The van der Waals surface area contributed by atoms with Gasteiger partial charge < -0.3 is 4.90 Å². The minimum Gasteiger partial charge on any atom is -0.333 e. The summed E-state index contributed by atoms with van der Waals surface area (Å²) >= 11 is 0. The third kappa shape index (κ3) is 5.71. The Morgan fingerprint density at radius 2 is 1.64 bits per heavy atom. The van der Waals surface area contributed by atoms with Crippen molar-refractivity contribution in [1.82, 2.24) is 15.0 Å². The Hall–Kier alpha value is -6.13. The number of nitrogens with zero attached hydrogens (tertiary/aromatic N) is 4. The van der Waals surface area contributed by atoms with Gasteiger partial charge in [-0.1, -0.05) is 121 Å². The number of aryl methyl sites for hydroxylation is 1. The normalized spacial score (nSPS) is 20.5. The van der Waals surface area contributed by atoms with Crippen molar-refractivity contribution in [2.24, 2.45) is 5.92 Å². The summed E-state index contributed by atoms with van der Waals surface area (Å²) in [7, 11) is 0. The van der Waals surface area contributed by atoms with E-state index in [4.69, 9.17) is 4.98 Å². The van der Waals surface area contributed by atoms with Gasteiger partial charge >= 0.3 is 0 Å². The molecule has 0 saturated heterocycles. The Balaban J connectivity index is 1.10. The number of benzene rings is 4. The topological polar surface area (TPSA) is 41.9 Å². The largest absolute Gasteiger partial charge is 0.333 e. The van der Waals surface area contributed by atoms with Crippen LogP contribution in [0.1, 0.15) is 68.5 Å². The lowest BCUT2D eigenvalue weighted by molar-refractivity contribution is 0.658. The highest BCUT2D eigenvalue weighted by molar-refractivity contribution is 6.13. The summed E-state index contributed by atoms with van der Waals surface area (Å²) in [5.41, 5.74) is 14.1. The molecule has 4 aliphatic carbocycles. The number of hydrogen-bond acceptors (Lipinski definition) is 4. The molecule has 0 fully saturated rings. The van der Waals surface area contributed by atoms with E-state index >= 15 is 0 Å². The van der Waals surface area contributed by atoms with Crippen LogP contribution < -0.4 is 4.90 Å². The Morgan fingerprint density at radius 1 is 0.764 bits per heavy atom. The maximum absolute atomic E-state index is 4.96. The summed E-state index contributed by atoms with van der Waals surface area (Å²) in [6.07, 6.45) is 35.5.